The lowest BCUT2D eigenvalue weighted by Gasteiger charge is -2.38. The predicted octanol–water partition coefficient (Wildman–Crippen LogP) is 4.13. The van der Waals surface area contributed by atoms with Crippen LogP contribution in [0.1, 0.15) is 15.2 Å². The van der Waals surface area contributed by atoms with Crippen LogP contribution in [0.2, 0.25) is 5.02 Å². The fourth-order valence-corrected chi connectivity index (χ4v) is 3.25. The van der Waals surface area contributed by atoms with Gasteiger partial charge in [-0.05, 0) is 29.6 Å². The van der Waals surface area contributed by atoms with Crippen LogP contribution in [0.3, 0.4) is 0 Å². The van der Waals surface area contributed by atoms with Crippen LogP contribution < -0.4 is 5.32 Å². The Morgan fingerprint density at radius 3 is 2.56 bits per heavy atom. The summed E-state index contributed by atoms with van der Waals surface area (Å²) >= 11 is 7.17. The van der Waals surface area contributed by atoms with Gasteiger partial charge in [-0.3, -0.25) is 9.59 Å². The largest absolute Gasteiger partial charge is 0.416 e. The van der Waals surface area contributed by atoms with Crippen molar-refractivity contribution < 1.29 is 22.8 Å². The third kappa shape index (κ3) is 3.80. The topological polar surface area (TPSA) is 49.4 Å². The first-order valence-corrected chi connectivity index (χ1v) is 8.52. The number of rotatable bonds is 3. The Labute approximate surface area is 150 Å². The summed E-state index contributed by atoms with van der Waals surface area (Å²) in [6.07, 6.45) is -4.52. The number of nitrogens with one attached hydrogen (secondary N) is 1. The van der Waals surface area contributed by atoms with E-state index in [2.05, 4.69) is 5.32 Å². The molecule has 2 heterocycles. The quantitative estimate of drug-likeness (QED) is 0.859. The van der Waals surface area contributed by atoms with Crippen LogP contribution in [-0.2, 0) is 11.0 Å². The highest BCUT2D eigenvalue weighted by atomic mass is 35.5. The molecule has 1 aliphatic rings. The maximum absolute atomic E-state index is 12.7. The molecule has 3 rings (SSSR count). The van der Waals surface area contributed by atoms with E-state index in [4.69, 9.17) is 11.6 Å². The number of hydrogen-bond acceptors (Lipinski definition) is 3. The number of nitrogens with zero attached hydrogens (tertiary/aromatic N) is 1. The maximum Gasteiger partial charge on any atom is 0.416 e. The van der Waals surface area contributed by atoms with Gasteiger partial charge in [-0.25, -0.2) is 0 Å². The average molecular weight is 389 g/mol. The minimum absolute atomic E-state index is 0.0205. The summed E-state index contributed by atoms with van der Waals surface area (Å²) < 4.78 is 38.2. The molecule has 0 bridgehead atoms. The Balaban J connectivity index is 1.62. The second-order valence-electron chi connectivity index (χ2n) is 5.57. The van der Waals surface area contributed by atoms with Crippen LogP contribution in [0.5, 0.6) is 0 Å². The summed E-state index contributed by atoms with van der Waals surface area (Å²) in [5.41, 5.74) is -0.986. The molecule has 132 valence electrons. The van der Waals surface area contributed by atoms with Crippen molar-refractivity contribution in [3.05, 3.63) is 51.2 Å². The predicted molar refractivity (Wildman–Crippen MR) is 88.8 cm³/mol. The maximum atomic E-state index is 12.7. The monoisotopic (exact) mass is 388 g/mol. The summed E-state index contributed by atoms with van der Waals surface area (Å²) in [6.45, 7) is 0.443. The molecule has 0 aliphatic carbocycles. The van der Waals surface area contributed by atoms with Crippen LogP contribution in [0.4, 0.5) is 18.9 Å². The van der Waals surface area contributed by atoms with Crippen molar-refractivity contribution in [2.75, 3.05) is 18.4 Å². The van der Waals surface area contributed by atoms with Crippen LogP contribution in [0.25, 0.3) is 0 Å². The van der Waals surface area contributed by atoms with E-state index < -0.39 is 23.6 Å². The van der Waals surface area contributed by atoms with Crippen molar-refractivity contribution >= 4 is 40.4 Å². The third-order valence-corrected chi connectivity index (χ3v) is 5.01. The molecule has 0 saturated carbocycles. The number of carbonyl (C=O) groups is 2. The molecule has 25 heavy (non-hydrogen) atoms. The summed E-state index contributed by atoms with van der Waals surface area (Å²) in [7, 11) is 0. The molecule has 1 fully saturated rings. The van der Waals surface area contributed by atoms with Crippen molar-refractivity contribution in [3.8, 4) is 0 Å². The van der Waals surface area contributed by atoms with Crippen LogP contribution >= 0.6 is 22.9 Å². The summed E-state index contributed by atoms with van der Waals surface area (Å²) in [5, 5.41) is 4.22. The van der Waals surface area contributed by atoms with Gasteiger partial charge in [-0.2, -0.15) is 13.2 Å². The van der Waals surface area contributed by atoms with Gasteiger partial charge in [0.05, 0.1) is 27.1 Å². The average Bonchev–Trinajstić information content (AvgIpc) is 3.01. The Morgan fingerprint density at radius 2 is 1.96 bits per heavy atom. The van der Waals surface area contributed by atoms with Gasteiger partial charge in [0.2, 0.25) is 5.91 Å². The number of thiophene rings is 1. The normalized spacial score (nSPS) is 15.0. The van der Waals surface area contributed by atoms with Gasteiger partial charge < -0.3 is 10.2 Å². The first kappa shape index (κ1) is 17.8. The van der Waals surface area contributed by atoms with Crippen LogP contribution in [0.15, 0.2) is 35.7 Å². The minimum atomic E-state index is -4.52. The number of benzene rings is 1. The number of halogens is 4. The summed E-state index contributed by atoms with van der Waals surface area (Å²) in [5.74, 6) is -1.10. The van der Waals surface area contributed by atoms with E-state index in [9.17, 15) is 22.8 Å². The van der Waals surface area contributed by atoms with E-state index in [0.717, 1.165) is 18.2 Å². The fourth-order valence-electron chi connectivity index (χ4n) is 2.40. The van der Waals surface area contributed by atoms with Gasteiger partial charge in [-0.15, -0.1) is 11.3 Å². The lowest BCUT2D eigenvalue weighted by Crippen LogP contribution is -2.54. The Kier molecular flexibility index (Phi) is 4.75. The molecular weight excluding hydrogens is 377 g/mol. The molecule has 0 spiro atoms. The van der Waals surface area contributed by atoms with Crippen molar-refractivity contribution in [3.63, 3.8) is 0 Å². The van der Waals surface area contributed by atoms with Gasteiger partial charge in [0, 0.05) is 13.1 Å². The number of hydrogen-bond donors (Lipinski definition) is 1. The number of alkyl halides is 3. The highest BCUT2D eigenvalue weighted by Crippen LogP contribution is 2.34. The SMILES string of the molecule is O=C(Nc1cc(C(F)(F)F)ccc1Cl)C1CN(C(=O)c2cccs2)C1. The van der Waals surface area contributed by atoms with E-state index in [1.807, 2.05) is 0 Å². The number of anilines is 1. The van der Waals surface area contributed by atoms with Gasteiger partial charge in [0.25, 0.3) is 5.91 Å². The van der Waals surface area contributed by atoms with Crippen molar-refractivity contribution in [2.24, 2.45) is 5.92 Å². The van der Waals surface area contributed by atoms with E-state index in [1.54, 1.807) is 17.5 Å². The number of likely N-dealkylation sites (tertiary alicyclic amines) is 1. The van der Waals surface area contributed by atoms with Crippen molar-refractivity contribution in [1.82, 2.24) is 4.90 Å². The van der Waals surface area contributed by atoms with Gasteiger partial charge >= 0.3 is 6.18 Å². The van der Waals surface area contributed by atoms with E-state index in [0.29, 0.717) is 4.88 Å². The molecule has 2 amide bonds. The molecule has 1 N–H and O–H groups in total. The standard InChI is InChI=1S/C16H12ClF3N2O2S/c17-11-4-3-10(16(18,19)20)6-12(11)21-14(23)9-7-22(8-9)15(24)13-2-1-5-25-13/h1-6,9H,7-8H2,(H,21,23). The lowest BCUT2D eigenvalue weighted by molar-refractivity contribution is -0.137. The molecule has 4 nitrogen and oxygen atoms in total. The third-order valence-electron chi connectivity index (χ3n) is 3.82. The zero-order valence-electron chi connectivity index (χ0n) is 12.6. The zero-order chi connectivity index (χ0) is 18.2. The Hall–Kier alpha value is -2.06. The van der Waals surface area contributed by atoms with Gasteiger partial charge in [0.1, 0.15) is 0 Å². The number of carbonyl (C=O) groups excluding carboxylic acids is 2. The molecule has 0 atom stereocenters. The zero-order valence-corrected chi connectivity index (χ0v) is 14.2. The van der Waals surface area contributed by atoms with Gasteiger partial charge in [-0.1, -0.05) is 17.7 Å². The van der Waals surface area contributed by atoms with E-state index in [-0.39, 0.29) is 29.7 Å². The minimum Gasteiger partial charge on any atom is -0.336 e. The smallest absolute Gasteiger partial charge is 0.336 e. The second-order valence-corrected chi connectivity index (χ2v) is 6.92. The first-order valence-electron chi connectivity index (χ1n) is 7.26. The summed E-state index contributed by atoms with van der Waals surface area (Å²) in [6, 6.07) is 6.20. The van der Waals surface area contributed by atoms with Crippen LogP contribution in [0, 0.1) is 5.92 Å². The first-order chi connectivity index (χ1) is 11.8. The van der Waals surface area contributed by atoms with Crippen molar-refractivity contribution in [1.29, 1.82) is 0 Å². The van der Waals surface area contributed by atoms with E-state index in [1.165, 1.54) is 16.2 Å². The second kappa shape index (κ2) is 6.68. The van der Waals surface area contributed by atoms with Crippen molar-refractivity contribution in [2.45, 2.75) is 6.18 Å². The molecule has 1 aromatic heterocycles. The Bertz CT molecular complexity index is 802. The summed E-state index contributed by atoms with van der Waals surface area (Å²) in [4.78, 5) is 26.4. The molecule has 1 aliphatic heterocycles. The highest BCUT2D eigenvalue weighted by molar-refractivity contribution is 7.12. The molecular formula is C16H12ClF3N2O2S. The molecule has 1 aromatic carbocycles. The molecule has 0 radical (unpaired) electrons. The lowest BCUT2D eigenvalue weighted by atomic mass is 9.98. The Morgan fingerprint density at radius 1 is 1.24 bits per heavy atom. The molecule has 2 aromatic rings. The van der Waals surface area contributed by atoms with E-state index >= 15 is 0 Å². The fraction of sp³-hybridized carbons (Fsp3) is 0.250. The van der Waals surface area contributed by atoms with Gasteiger partial charge in [0.15, 0.2) is 0 Å². The number of amides is 2. The highest BCUT2D eigenvalue weighted by Gasteiger charge is 2.37. The molecule has 1 saturated heterocycles. The van der Waals surface area contributed by atoms with Crippen LogP contribution in [-0.4, -0.2) is 29.8 Å². The molecule has 9 heteroatoms. The molecule has 0 unspecified atom stereocenters.